The zero-order valence-electron chi connectivity index (χ0n) is 14.3. The fourth-order valence-electron chi connectivity index (χ4n) is 2.28. The second kappa shape index (κ2) is 6.76. The molecule has 0 radical (unpaired) electrons. The van der Waals surface area contributed by atoms with Gasteiger partial charge in [0.15, 0.2) is 0 Å². The average Bonchev–Trinajstić information content (AvgIpc) is 2.37. The lowest BCUT2D eigenvalue weighted by Crippen LogP contribution is -2.17. The van der Waals surface area contributed by atoms with Crippen LogP contribution < -0.4 is 5.14 Å². The van der Waals surface area contributed by atoms with Gasteiger partial charge in [-0.1, -0.05) is 53.5 Å². The van der Waals surface area contributed by atoms with E-state index in [2.05, 4.69) is 47.6 Å². The van der Waals surface area contributed by atoms with Crippen molar-refractivity contribution in [2.75, 3.05) is 5.75 Å². The van der Waals surface area contributed by atoms with Crippen molar-refractivity contribution in [1.29, 1.82) is 5.26 Å². The van der Waals surface area contributed by atoms with Gasteiger partial charge in [0.2, 0.25) is 0 Å². The number of hydrogen-bond acceptors (Lipinski definition) is 4. The van der Waals surface area contributed by atoms with Crippen molar-refractivity contribution in [2.24, 2.45) is 5.14 Å². The molecule has 0 aliphatic rings. The Bertz CT molecular complexity index is 578. The van der Waals surface area contributed by atoms with Crippen LogP contribution in [0.4, 0.5) is 0 Å². The summed E-state index contributed by atoms with van der Waals surface area (Å²) in [7, 11) is 0. The Hall–Kier alpha value is -1.44. The number of nitrogens with two attached hydrogens (primary N) is 1. The predicted octanol–water partition coefficient (Wildman–Crippen LogP) is 4.50. The molecule has 0 amide bonds. The van der Waals surface area contributed by atoms with E-state index in [0.717, 1.165) is 28.6 Å². The van der Waals surface area contributed by atoms with Crippen molar-refractivity contribution in [3.63, 3.8) is 0 Å². The zero-order valence-corrected chi connectivity index (χ0v) is 15.1. The van der Waals surface area contributed by atoms with E-state index in [1.165, 1.54) is 0 Å². The predicted molar refractivity (Wildman–Crippen MR) is 95.7 cm³/mol. The third kappa shape index (κ3) is 4.53. The Kier molecular flexibility index (Phi) is 5.72. The van der Waals surface area contributed by atoms with Crippen LogP contribution >= 0.6 is 11.9 Å². The lowest BCUT2D eigenvalue weighted by molar-refractivity contribution is 0.423. The molecule has 1 aromatic rings. The molecular formula is C18H26N2OS. The average molecular weight is 318 g/mol. The molecule has 0 unspecified atom stereocenters. The quantitative estimate of drug-likeness (QED) is 0.636. The van der Waals surface area contributed by atoms with E-state index in [4.69, 9.17) is 5.14 Å². The van der Waals surface area contributed by atoms with Gasteiger partial charge in [0.25, 0.3) is 0 Å². The second-order valence-corrected chi connectivity index (χ2v) is 8.18. The van der Waals surface area contributed by atoms with Crippen LogP contribution in [-0.2, 0) is 10.8 Å². The van der Waals surface area contributed by atoms with Gasteiger partial charge in [-0.3, -0.25) is 5.14 Å². The number of phenolic OH excluding ortho intramolecular Hbond substituents is 1. The summed E-state index contributed by atoms with van der Waals surface area (Å²) in [4.78, 5) is 0. The summed E-state index contributed by atoms with van der Waals surface area (Å²) in [6.45, 7) is 12.4. The Morgan fingerprint density at radius 1 is 1.18 bits per heavy atom. The first-order chi connectivity index (χ1) is 10.0. The van der Waals surface area contributed by atoms with Gasteiger partial charge in [-0.2, -0.15) is 5.26 Å². The highest BCUT2D eigenvalue weighted by atomic mass is 32.2. The minimum absolute atomic E-state index is 0.177. The lowest BCUT2D eigenvalue weighted by atomic mass is 9.78. The highest BCUT2D eigenvalue weighted by Crippen LogP contribution is 2.40. The van der Waals surface area contributed by atoms with Crippen molar-refractivity contribution in [2.45, 2.75) is 52.4 Å². The minimum Gasteiger partial charge on any atom is -0.507 e. The number of nitrogens with zero attached hydrogens (tertiary/aromatic N) is 1. The Balaban J connectivity index is 3.59. The summed E-state index contributed by atoms with van der Waals surface area (Å²) in [6, 6.07) is 6.10. The molecule has 0 saturated carbocycles. The van der Waals surface area contributed by atoms with Crippen LogP contribution in [0.3, 0.4) is 0 Å². The molecule has 0 bridgehead atoms. The molecule has 0 spiro atoms. The maximum Gasteiger partial charge on any atom is 0.123 e. The SMILES string of the molecule is CC(C)(C)c1cc(/C=C(\C#N)CSN)cc(C(C)(C)C)c1O. The van der Waals surface area contributed by atoms with Gasteiger partial charge < -0.3 is 5.11 Å². The summed E-state index contributed by atoms with van der Waals surface area (Å²) in [5.74, 6) is 0.830. The molecule has 3 N–H and O–H groups in total. The molecule has 0 heterocycles. The van der Waals surface area contributed by atoms with Crippen LogP contribution in [0.25, 0.3) is 6.08 Å². The molecule has 120 valence electrons. The summed E-state index contributed by atoms with van der Waals surface area (Å²) in [6.07, 6.45) is 1.85. The van der Waals surface area contributed by atoms with Crippen LogP contribution in [0, 0.1) is 11.3 Å². The Morgan fingerprint density at radius 3 is 1.95 bits per heavy atom. The van der Waals surface area contributed by atoms with Gasteiger partial charge >= 0.3 is 0 Å². The van der Waals surface area contributed by atoms with Crippen LogP contribution in [-0.4, -0.2) is 10.9 Å². The van der Waals surface area contributed by atoms with E-state index in [1.54, 1.807) is 0 Å². The second-order valence-electron chi connectivity index (χ2n) is 7.56. The fourth-order valence-corrected chi connectivity index (χ4v) is 2.61. The molecule has 0 fully saturated rings. The largest absolute Gasteiger partial charge is 0.507 e. The summed E-state index contributed by atoms with van der Waals surface area (Å²) >= 11 is 1.14. The molecular weight excluding hydrogens is 292 g/mol. The first-order valence-corrected chi connectivity index (χ1v) is 8.36. The topological polar surface area (TPSA) is 70.0 Å². The first-order valence-electron chi connectivity index (χ1n) is 7.31. The molecule has 3 nitrogen and oxygen atoms in total. The van der Waals surface area contributed by atoms with Gasteiger partial charge in [0.1, 0.15) is 5.75 Å². The van der Waals surface area contributed by atoms with Crippen molar-refractivity contribution < 1.29 is 5.11 Å². The summed E-state index contributed by atoms with van der Waals surface area (Å²) in [5.41, 5.74) is 2.98. The van der Waals surface area contributed by atoms with Gasteiger partial charge in [0, 0.05) is 22.5 Å². The molecule has 1 aromatic carbocycles. The fraction of sp³-hybridized carbons (Fsp3) is 0.500. The highest BCUT2D eigenvalue weighted by Gasteiger charge is 2.26. The number of rotatable bonds is 3. The van der Waals surface area contributed by atoms with E-state index in [0.29, 0.717) is 17.1 Å². The maximum atomic E-state index is 10.7. The number of aromatic hydroxyl groups is 1. The van der Waals surface area contributed by atoms with Crippen molar-refractivity contribution in [3.8, 4) is 11.8 Å². The third-order valence-corrected chi connectivity index (χ3v) is 3.95. The van der Waals surface area contributed by atoms with Crippen LogP contribution in [0.15, 0.2) is 17.7 Å². The van der Waals surface area contributed by atoms with Crippen LogP contribution in [0.1, 0.15) is 58.2 Å². The van der Waals surface area contributed by atoms with E-state index in [1.807, 2.05) is 18.2 Å². The first kappa shape index (κ1) is 18.6. The van der Waals surface area contributed by atoms with Gasteiger partial charge in [-0.15, -0.1) is 0 Å². The smallest absolute Gasteiger partial charge is 0.123 e. The molecule has 0 atom stereocenters. The molecule has 0 aliphatic heterocycles. The van der Waals surface area contributed by atoms with E-state index >= 15 is 0 Å². The minimum atomic E-state index is -0.177. The Labute approximate surface area is 138 Å². The molecule has 0 aliphatic carbocycles. The van der Waals surface area contributed by atoms with E-state index in [-0.39, 0.29) is 10.8 Å². The van der Waals surface area contributed by atoms with Crippen LogP contribution in [0.5, 0.6) is 5.75 Å². The number of nitriles is 1. The van der Waals surface area contributed by atoms with Crippen LogP contribution in [0.2, 0.25) is 0 Å². The number of hydrogen-bond donors (Lipinski definition) is 2. The van der Waals surface area contributed by atoms with Crippen molar-refractivity contribution in [1.82, 2.24) is 0 Å². The number of phenols is 1. The zero-order chi connectivity index (χ0) is 17.1. The van der Waals surface area contributed by atoms with Gasteiger partial charge in [0.05, 0.1) is 6.07 Å². The molecule has 0 saturated heterocycles. The number of benzene rings is 1. The molecule has 4 heteroatoms. The monoisotopic (exact) mass is 318 g/mol. The van der Waals surface area contributed by atoms with Gasteiger partial charge in [-0.05, 0) is 34.6 Å². The normalized spacial score (nSPS) is 13.1. The van der Waals surface area contributed by atoms with E-state index < -0.39 is 0 Å². The van der Waals surface area contributed by atoms with E-state index in [9.17, 15) is 10.4 Å². The standard InChI is InChI=1S/C18H26N2OS/c1-17(2,3)14-8-12(7-13(10-19)11-22-20)9-15(16(14)21)18(4,5)6/h7-9,21H,11,20H2,1-6H3/b13-7+. The van der Waals surface area contributed by atoms with Gasteiger partial charge in [-0.25, -0.2) is 0 Å². The molecule has 1 rings (SSSR count). The Morgan fingerprint density at radius 2 is 1.64 bits per heavy atom. The lowest BCUT2D eigenvalue weighted by Gasteiger charge is -2.28. The third-order valence-electron chi connectivity index (χ3n) is 3.47. The van der Waals surface area contributed by atoms with Crippen molar-refractivity contribution in [3.05, 3.63) is 34.4 Å². The summed E-state index contributed by atoms with van der Waals surface area (Å²) < 4.78 is 0. The summed E-state index contributed by atoms with van der Waals surface area (Å²) in [5, 5.41) is 25.3. The molecule has 0 aromatic heterocycles. The highest BCUT2D eigenvalue weighted by molar-refractivity contribution is 7.97. The molecule has 22 heavy (non-hydrogen) atoms. The van der Waals surface area contributed by atoms with Crippen molar-refractivity contribution >= 4 is 18.0 Å². The maximum absolute atomic E-state index is 10.7.